The summed E-state index contributed by atoms with van der Waals surface area (Å²) in [6.07, 6.45) is 23.6. The summed E-state index contributed by atoms with van der Waals surface area (Å²) in [7, 11) is 0. The van der Waals surface area contributed by atoms with Gasteiger partial charge in [0.15, 0.2) is 0 Å². The lowest BCUT2D eigenvalue weighted by molar-refractivity contribution is -0.229. The van der Waals surface area contributed by atoms with Crippen LogP contribution in [0.2, 0.25) is 0 Å². The predicted octanol–water partition coefficient (Wildman–Crippen LogP) is 13.5. The summed E-state index contributed by atoms with van der Waals surface area (Å²) >= 11 is 0. The van der Waals surface area contributed by atoms with E-state index in [1.807, 2.05) is 55.4 Å². The number of esters is 5. The monoisotopic (exact) mass is 963 g/mol. The molecule has 0 radical (unpaired) electrons. The maximum atomic E-state index is 12.5. The number of hydrogen-bond acceptors (Lipinski definition) is 10. The number of carbonyl (C=O) groups excluding carboxylic acids is 5. The molecule has 11 saturated carbocycles. The second-order valence-corrected chi connectivity index (χ2v) is 26.8. The molecule has 0 aromatic carbocycles. The van der Waals surface area contributed by atoms with Gasteiger partial charge < -0.3 is 23.7 Å². The highest BCUT2D eigenvalue weighted by Gasteiger charge is 2.68. The van der Waals surface area contributed by atoms with Crippen LogP contribution in [0, 0.1) is 81.3 Å². The molecular weight excluding hydrogens is 869 g/mol. The molecule has 390 valence electrons. The third kappa shape index (κ3) is 10.6. The van der Waals surface area contributed by atoms with Crippen molar-refractivity contribution in [3.8, 4) is 0 Å². The molecule has 10 nitrogen and oxygen atoms in total. The lowest BCUT2D eigenvalue weighted by Gasteiger charge is -2.59. The number of ether oxygens (including phenoxy) is 5. The van der Waals surface area contributed by atoms with Crippen LogP contribution >= 0.6 is 0 Å². The Bertz CT molecular complexity index is 1880. The largest absolute Gasteiger partial charge is 0.459 e. The molecule has 12 aliphatic rings. The van der Waals surface area contributed by atoms with Crippen LogP contribution in [0.15, 0.2) is 12.2 Å². The molecule has 12 rings (SSSR count). The van der Waals surface area contributed by atoms with Crippen LogP contribution < -0.4 is 0 Å². The van der Waals surface area contributed by atoms with Crippen LogP contribution in [-0.2, 0) is 47.7 Å². The number of hydrogen-bond donors (Lipinski definition) is 0. The zero-order chi connectivity index (χ0) is 50.7. The van der Waals surface area contributed by atoms with Crippen LogP contribution in [0.4, 0.5) is 0 Å². The van der Waals surface area contributed by atoms with E-state index >= 15 is 0 Å². The van der Waals surface area contributed by atoms with Gasteiger partial charge in [-0.2, -0.15) is 0 Å². The average molecular weight is 963 g/mol. The van der Waals surface area contributed by atoms with Gasteiger partial charge in [0, 0.05) is 12.0 Å². The van der Waals surface area contributed by atoms with Crippen molar-refractivity contribution in [2.24, 2.45) is 81.3 Å². The lowest BCUT2D eigenvalue weighted by atomic mass is 9.50. The molecule has 4 unspecified atom stereocenters. The molecule has 0 spiro atoms. The molecule has 1 saturated heterocycles. The fourth-order valence-electron chi connectivity index (χ4n) is 14.9. The Balaban J connectivity index is 0.000000136. The summed E-state index contributed by atoms with van der Waals surface area (Å²) in [4.78, 5) is 60.3. The van der Waals surface area contributed by atoms with Crippen LogP contribution in [-0.4, -0.2) is 52.4 Å². The molecule has 69 heavy (non-hydrogen) atoms. The van der Waals surface area contributed by atoms with Gasteiger partial charge in [-0.1, -0.05) is 34.3 Å². The molecule has 11 aliphatic carbocycles. The third-order valence-corrected chi connectivity index (χ3v) is 20.9. The first-order chi connectivity index (χ1) is 32.2. The van der Waals surface area contributed by atoms with E-state index in [2.05, 4.69) is 34.3 Å². The van der Waals surface area contributed by atoms with Crippen molar-refractivity contribution in [2.45, 2.75) is 247 Å². The van der Waals surface area contributed by atoms with Crippen molar-refractivity contribution in [2.75, 3.05) is 0 Å². The molecule has 0 N–H and O–H groups in total. The van der Waals surface area contributed by atoms with Crippen LogP contribution in [0.3, 0.4) is 0 Å². The molecule has 10 bridgehead atoms. The minimum Gasteiger partial charge on any atom is -0.459 e. The van der Waals surface area contributed by atoms with Gasteiger partial charge in [0.2, 0.25) is 0 Å². The molecule has 4 atom stereocenters. The Morgan fingerprint density at radius 3 is 1.33 bits per heavy atom. The molecular formula is C59H94O10. The minimum atomic E-state index is -0.922. The summed E-state index contributed by atoms with van der Waals surface area (Å²) < 4.78 is 28.9. The first-order valence-electron chi connectivity index (χ1n) is 28.0. The van der Waals surface area contributed by atoms with Crippen LogP contribution in [0.25, 0.3) is 0 Å². The van der Waals surface area contributed by atoms with E-state index in [0.717, 1.165) is 68.6 Å². The fourth-order valence-corrected chi connectivity index (χ4v) is 14.9. The predicted molar refractivity (Wildman–Crippen MR) is 267 cm³/mol. The standard InChI is InChI=1S/C17H28O2.C15H22O2.C14H20O4.C13H24O2/c1-5-16(2,3)15(18)19-17(4)13-7-11-6-12(9-13)10-14(17)8-11;1-9(2)14(16)17-15(3)12-5-10-4-11(7-12)8-13(15)6-10;1-4-13(2,3)12(16)18-14-7-8-5-9(10(14)6-8)11(15)17-14;1-5-12(3,4)11(14)15-13(6-2)9-7-8-10-13/h11-14H,5-10H2,1-4H3;10-13H,1,4-8H2,2-3H3;8-10H,4-7H2,1-3H3;5-10H2,1-4H3. The van der Waals surface area contributed by atoms with E-state index in [1.165, 1.54) is 77.0 Å². The van der Waals surface area contributed by atoms with Gasteiger partial charge in [-0.25, -0.2) is 4.79 Å². The molecule has 10 heteroatoms. The summed E-state index contributed by atoms with van der Waals surface area (Å²) in [6, 6.07) is 0. The summed E-state index contributed by atoms with van der Waals surface area (Å²) in [6.45, 7) is 29.7. The van der Waals surface area contributed by atoms with Gasteiger partial charge in [0.05, 0.1) is 28.1 Å². The Morgan fingerprint density at radius 2 is 0.957 bits per heavy atom. The molecule has 0 aromatic rings. The topological polar surface area (TPSA) is 132 Å². The highest BCUT2D eigenvalue weighted by molar-refractivity contribution is 5.87. The van der Waals surface area contributed by atoms with Crippen molar-refractivity contribution < 1.29 is 47.7 Å². The molecule has 12 fully saturated rings. The quantitative estimate of drug-likeness (QED) is 0.106. The van der Waals surface area contributed by atoms with E-state index in [9.17, 15) is 24.0 Å². The lowest BCUT2D eigenvalue weighted by Crippen LogP contribution is -2.58. The Kier molecular flexibility index (Phi) is 15.5. The Hall–Kier alpha value is -2.91. The molecule has 1 heterocycles. The zero-order valence-electron chi connectivity index (χ0n) is 45.5. The molecule has 0 aromatic heterocycles. The zero-order valence-corrected chi connectivity index (χ0v) is 45.5. The number of rotatable bonds is 12. The van der Waals surface area contributed by atoms with E-state index in [0.29, 0.717) is 48.0 Å². The third-order valence-electron chi connectivity index (χ3n) is 20.9. The van der Waals surface area contributed by atoms with Gasteiger partial charge in [0.25, 0.3) is 5.79 Å². The maximum absolute atomic E-state index is 12.5. The SMILES string of the molecule is C=C(C)C(=O)OC1(C)C2CC3CC(C2)CC1C3.CCC(C)(C)C(=O)OC1(C)C2CC3CC(C2)CC1C3.CCC(C)(C)C(=O)OC12CC3CC(C(=O)O1)C2C3.CCC1(OC(=O)C(C)(C)CC)CCCC1. The molecule has 0 amide bonds. The van der Waals surface area contributed by atoms with Gasteiger partial charge in [-0.05, 0) is 244 Å². The van der Waals surface area contributed by atoms with Crippen molar-refractivity contribution in [1.29, 1.82) is 0 Å². The fraction of sp³-hybridized carbons (Fsp3) is 0.881. The first-order valence-corrected chi connectivity index (χ1v) is 28.0. The van der Waals surface area contributed by atoms with Gasteiger partial charge in [-0.3, -0.25) is 19.2 Å². The summed E-state index contributed by atoms with van der Waals surface area (Å²) in [5.41, 5.74) is -1.16. The van der Waals surface area contributed by atoms with Gasteiger partial charge in [-0.15, -0.1) is 0 Å². The molecule has 1 aliphatic heterocycles. The van der Waals surface area contributed by atoms with E-state index in [1.54, 1.807) is 6.92 Å². The van der Waals surface area contributed by atoms with E-state index in [-0.39, 0.29) is 69.3 Å². The highest BCUT2D eigenvalue weighted by Crippen LogP contribution is 2.63. The Morgan fingerprint density at radius 1 is 0.565 bits per heavy atom. The van der Waals surface area contributed by atoms with E-state index < -0.39 is 11.2 Å². The van der Waals surface area contributed by atoms with Crippen molar-refractivity contribution in [3.05, 3.63) is 12.2 Å². The minimum absolute atomic E-state index is 0.0185. The van der Waals surface area contributed by atoms with Crippen molar-refractivity contribution >= 4 is 29.8 Å². The highest BCUT2D eigenvalue weighted by atomic mass is 16.7. The summed E-state index contributed by atoms with van der Waals surface area (Å²) in [5.74, 6) is 5.16. The second kappa shape index (κ2) is 19.8. The van der Waals surface area contributed by atoms with E-state index in [4.69, 9.17) is 23.7 Å². The second-order valence-electron chi connectivity index (χ2n) is 26.8. The van der Waals surface area contributed by atoms with Crippen LogP contribution in [0.5, 0.6) is 0 Å². The normalized spacial score (nSPS) is 38.9. The van der Waals surface area contributed by atoms with Crippen LogP contribution in [0.1, 0.15) is 225 Å². The van der Waals surface area contributed by atoms with Crippen molar-refractivity contribution in [3.63, 3.8) is 0 Å². The van der Waals surface area contributed by atoms with Gasteiger partial charge in [0.1, 0.15) is 16.8 Å². The number of fused-ring (bicyclic) bond motifs is 1. The smallest absolute Gasteiger partial charge is 0.333 e. The number of carbonyl (C=O) groups is 5. The average Bonchev–Trinajstić information content (AvgIpc) is 4.06. The van der Waals surface area contributed by atoms with Gasteiger partial charge >= 0.3 is 29.8 Å². The maximum Gasteiger partial charge on any atom is 0.333 e. The first kappa shape index (κ1) is 53.9. The van der Waals surface area contributed by atoms with Crippen molar-refractivity contribution in [1.82, 2.24) is 0 Å². The summed E-state index contributed by atoms with van der Waals surface area (Å²) in [5, 5.41) is 0. The Labute approximate surface area is 417 Å².